The predicted molar refractivity (Wildman–Crippen MR) is 109 cm³/mol. The third-order valence-electron chi connectivity index (χ3n) is 4.00. The molecule has 0 aliphatic carbocycles. The summed E-state index contributed by atoms with van der Waals surface area (Å²) in [4.78, 5) is 11.8. The van der Waals surface area contributed by atoms with E-state index < -0.39 is 0 Å². The van der Waals surface area contributed by atoms with Crippen LogP contribution in [0.15, 0.2) is 53.6 Å². The summed E-state index contributed by atoms with van der Waals surface area (Å²) in [5.41, 5.74) is 4.57. The Balaban J connectivity index is 1.69. The van der Waals surface area contributed by atoms with Crippen LogP contribution in [0.5, 0.6) is 11.5 Å². The van der Waals surface area contributed by atoms with Gasteiger partial charge in [-0.1, -0.05) is 38.8 Å². The van der Waals surface area contributed by atoms with Gasteiger partial charge in [0.15, 0.2) is 6.61 Å². The van der Waals surface area contributed by atoms with Crippen molar-refractivity contribution in [3.63, 3.8) is 0 Å². The molecule has 5 heteroatoms. The molecule has 0 spiro atoms. The van der Waals surface area contributed by atoms with Gasteiger partial charge in [-0.05, 0) is 60.4 Å². The average Bonchev–Trinajstić information content (AvgIpc) is 2.71. The molecule has 2 aromatic rings. The molecule has 0 fully saturated rings. The van der Waals surface area contributed by atoms with Gasteiger partial charge in [-0.3, -0.25) is 4.79 Å². The molecule has 1 N–H and O–H groups in total. The molecule has 1 amide bonds. The summed E-state index contributed by atoms with van der Waals surface area (Å²) >= 11 is 0. The topological polar surface area (TPSA) is 59.9 Å². The Hall–Kier alpha value is -2.82. The lowest BCUT2D eigenvalue weighted by molar-refractivity contribution is -0.123. The van der Waals surface area contributed by atoms with Crippen LogP contribution in [0, 0.1) is 0 Å². The summed E-state index contributed by atoms with van der Waals surface area (Å²) in [7, 11) is 0. The van der Waals surface area contributed by atoms with Crippen molar-refractivity contribution in [1.82, 2.24) is 5.43 Å². The van der Waals surface area contributed by atoms with E-state index in [9.17, 15) is 4.79 Å². The van der Waals surface area contributed by atoms with E-state index in [1.807, 2.05) is 48.5 Å². The van der Waals surface area contributed by atoms with Crippen LogP contribution in [0.25, 0.3) is 0 Å². The van der Waals surface area contributed by atoms with E-state index in [1.54, 1.807) is 6.21 Å². The number of hydrogen-bond donors (Lipinski definition) is 1. The molecule has 0 atom stereocenters. The molecule has 27 heavy (non-hydrogen) atoms. The minimum absolute atomic E-state index is 0.0760. The normalized spacial score (nSPS) is 10.7. The number of nitrogens with one attached hydrogen (secondary N) is 1. The second kappa shape index (κ2) is 11.7. The molecule has 5 nitrogen and oxygen atoms in total. The first-order valence-corrected chi connectivity index (χ1v) is 9.47. The zero-order chi connectivity index (χ0) is 19.3. The number of aryl methyl sites for hydroxylation is 1. The maximum Gasteiger partial charge on any atom is 0.277 e. The highest BCUT2D eigenvalue weighted by atomic mass is 16.5. The highest BCUT2D eigenvalue weighted by molar-refractivity contribution is 5.83. The molecule has 0 aromatic heterocycles. The number of carbonyl (C=O) groups excluding carboxylic acids is 1. The number of hydrogen-bond acceptors (Lipinski definition) is 4. The molecule has 0 saturated heterocycles. The number of ether oxygens (including phenoxy) is 2. The van der Waals surface area contributed by atoms with E-state index in [0.717, 1.165) is 30.8 Å². The highest BCUT2D eigenvalue weighted by Gasteiger charge is 2.01. The molecule has 2 aromatic carbocycles. The Kier molecular flexibility index (Phi) is 8.90. The predicted octanol–water partition coefficient (Wildman–Crippen LogP) is 4.35. The van der Waals surface area contributed by atoms with Gasteiger partial charge < -0.3 is 9.47 Å². The van der Waals surface area contributed by atoms with Gasteiger partial charge in [0.25, 0.3) is 5.91 Å². The number of benzene rings is 2. The van der Waals surface area contributed by atoms with E-state index >= 15 is 0 Å². The van der Waals surface area contributed by atoms with E-state index in [4.69, 9.17) is 9.47 Å². The van der Waals surface area contributed by atoms with Crippen LogP contribution >= 0.6 is 0 Å². The van der Waals surface area contributed by atoms with Gasteiger partial charge in [-0.25, -0.2) is 5.43 Å². The van der Waals surface area contributed by atoms with Crippen molar-refractivity contribution >= 4 is 12.1 Å². The summed E-state index contributed by atoms with van der Waals surface area (Å²) in [6.07, 6.45) is 5.99. The number of hydrazone groups is 1. The molecule has 2 rings (SSSR count). The van der Waals surface area contributed by atoms with Crippen LogP contribution in [0.4, 0.5) is 0 Å². The number of nitrogens with zero attached hydrogens (tertiary/aromatic N) is 1. The summed E-state index contributed by atoms with van der Waals surface area (Å²) in [5, 5.41) is 3.95. The molecule has 0 bridgehead atoms. The zero-order valence-corrected chi connectivity index (χ0v) is 16.1. The minimum atomic E-state index is -0.304. The molecule has 0 aliphatic rings. The van der Waals surface area contributed by atoms with Gasteiger partial charge in [0.05, 0.1) is 12.8 Å². The lowest BCUT2D eigenvalue weighted by Crippen LogP contribution is -2.24. The van der Waals surface area contributed by atoms with Crippen molar-refractivity contribution in [1.29, 1.82) is 0 Å². The van der Waals surface area contributed by atoms with Crippen LogP contribution in [0.3, 0.4) is 0 Å². The second-order valence-electron chi connectivity index (χ2n) is 6.20. The number of rotatable bonds is 11. The monoisotopic (exact) mass is 368 g/mol. The molecule has 0 unspecified atom stereocenters. The number of amides is 1. The zero-order valence-electron chi connectivity index (χ0n) is 16.1. The first kappa shape index (κ1) is 20.5. The minimum Gasteiger partial charge on any atom is -0.494 e. The second-order valence-corrected chi connectivity index (χ2v) is 6.20. The van der Waals surface area contributed by atoms with E-state index in [-0.39, 0.29) is 12.5 Å². The third-order valence-corrected chi connectivity index (χ3v) is 4.00. The molecule has 0 radical (unpaired) electrons. The van der Waals surface area contributed by atoms with E-state index in [2.05, 4.69) is 24.4 Å². The van der Waals surface area contributed by atoms with E-state index in [0.29, 0.717) is 5.75 Å². The standard InChI is InChI=1S/C22H28N2O3/c1-3-5-6-15-26-20-13-9-19(10-14-20)16-23-24-22(25)17-27-21-11-7-18(4-2)8-12-21/h7-14,16H,3-6,15,17H2,1-2H3,(H,24,25)/b23-16-. The fraction of sp³-hybridized carbons (Fsp3) is 0.364. The van der Waals surface area contributed by atoms with Gasteiger partial charge >= 0.3 is 0 Å². The van der Waals surface area contributed by atoms with Crippen molar-refractivity contribution in [2.24, 2.45) is 5.10 Å². The maximum absolute atomic E-state index is 11.8. The van der Waals surface area contributed by atoms with Crippen LogP contribution in [0.1, 0.15) is 44.2 Å². The van der Waals surface area contributed by atoms with Gasteiger partial charge in [0.1, 0.15) is 11.5 Å². The maximum atomic E-state index is 11.8. The largest absolute Gasteiger partial charge is 0.494 e. The van der Waals surface area contributed by atoms with Crippen molar-refractivity contribution in [3.05, 3.63) is 59.7 Å². The fourth-order valence-corrected chi connectivity index (χ4v) is 2.37. The Labute approximate surface area is 161 Å². The number of unbranched alkanes of at least 4 members (excludes halogenated alkanes) is 2. The quantitative estimate of drug-likeness (QED) is 0.364. The van der Waals surface area contributed by atoms with Crippen molar-refractivity contribution in [2.45, 2.75) is 39.5 Å². The lowest BCUT2D eigenvalue weighted by Gasteiger charge is -2.06. The summed E-state index contributed by atoms with van der Waals surface area (Å²) in [5.74, 6) is 1.21. The van der Waals surface area contributed by atoms with Crippen molar-refractivity contribution in [3.8, 4) is 11.5 Å². The van der Waals surface area contributed by atoms with Gasteiger partial charge in [0, 0.05) is 0 Å². The third kappa shape index (κ3) is 7.94. The SMILES string of the molecule is CCCCCOc1ccc(/C=N\NC(=O)COc2ccc(CC)cc2)cc1. The summed E-state index contributed by atoms with van der Waals surface area (Å²) in [6.45, 7) is 4.92. The fourth-order valence-electron chi connectivity index (χ4n) is 2.37. The summed E-state index contributed by atoms with van der Waals surface area (Å²) < 4.78 is 11.1. The Morgan fingerprint density at radius 2 is 1.63 bits per heavy atom. The Morgan fingerprint density at radius 3 is 2.30 bits per heavy atom. The van der Waals surface area contributed by atoms with Crippen LogP contribution in [0.2, 0.25) is 0 Å². The average molecular weight is 368 g/mol. The molecule has 0 heterocycles. The molecule has 0 aliphatic heterocycles. The highest BCUT2D eigenvalue weighted by Crippen LogP contribution is 2.13. The van der Waals surface area contributed by atoms with Gasteiger partial charge in [-0.2, -0.15) is 5.10 Å². The lowest BCUT2D eigenvalue weighted by atomic mass is 10.2. The Bertz CT molecular complexity index is 709. The molecule has 0 saturated carbocycles. The van der Waals surface area contributed by atoms with Crippen molar-refractivity contribution in [2.75, 3.05) is 13.2 Å². The molecular weight excluding hydrogens is 340 g/mol. The van der Waals surface area contributed by atoms with Crippen LogP contribution < -0.4 is 14.9 Å². The molecule has 144 valence electrons. The van der Waals surface area contributed by atoms with Crippen LogP contribution in [-0.2, 0) is 11.2 Å². The van der Waals surface area contributed by atoms with Gasteiger partial charge in [0.2, 0.25) is 0 Å². The number of carbonyl (C=O) groups is 1. The van der Waals surface area contributed by atoms with Gasteiger partial charge in [-0.15, -0.1) is 0 Å². The van der Waals surface area contributed by atoms with Crippen molar-refractivity contribution < 1.29 is 14.3 Å². The smallest absolute Gasteiger partial charge is 0.277 e. The van der Waals surface area contributed by atoms with Crippen LogP contribution in [-0.4, -0.2) is 25.3 Å². The van der Waals surface area contributed by atoms with E-state index in [1.165, 1.54) is 18.4 Å². The summed E-state index contributed by atoms with van der Waals surface area (Å²) in [6, 6.07) is 15.3. The first-order valence-electron chi connectivity index (χ1n) is 9.47. The molecular formula is C22H28N2O3. The Morgan fingerprint density at radius 1 is 0.963 bits per heavy atom. The first-order chi connectivity index (χ1) is 13.2.